The number of rotatable bonds is 1. The zero-order valence-electron chi connectivity index (χ0n) is 12.3. The number of aromatic nitrogens is 2. The Labute approximate surface area is 73.8 Å². The molecule has 58 valence electrons. The number of carbonyl (C=O) groups is 1. The summed E-state index contributed by atoms with van der Waals surface area (Å²) in [7, 11) is 0. The molecule has 4 nitrogen and oxygen atoms in total. The number of aromatic carboxylic acids is 1. The average molecular weight is 159 g/mol. The first kappa shape index (κ1) is 2.55. The van der Waals surface area contributed by atoms with Crippen molar-refractivity contribution < 1.29 is 18.1 Å². The van der Waals surface area contributed by atoms with Gasteiger partial charge in [-0.25, -0.2) is 14.8 Å². The van der Waals surface area contributed by atoms with E-state index in [1.807, 2.05) is 0 Å². The Hall–Kier alpha value is -1.45. The third kappa shape index (κ3) is 1.34. The highest BCUT2D eigenvalue weighted by molar-refractivity contribution is 5.89. The van der Waals surface area contributed by atoms with Crippen molar-refractivity contribution in [2.75, 3.05) is 0 Å². The maximum atomic E-state index is 11.4. The van der Waals surface area contributed by atoms with Crippen molar-refractivity contribution in [3.05, 3.63) is 23.3 Å². The van der Waals surface area contributed by atoms with Crippen LogP contribution in [0.1, 0.15) is 30.0 Å². The second-order valence-electron chi connectivity index (χ2n) is 1.73. The third-order valence-electron chi connectivity index (χ3n) is 1.05. The third-order valence-corrected chi connectivity index (χ3v) is 1.05. The number of carboxylic acid groups (broad SMARTS) is 1. The van der Waals surface area contributed by atoms with Crippen LogP contribution in [-0.4, -0.2) is 21.0 Å². The molecule has 1 rings (SSSR count). The fourth-order valence-electron chi connectivity index (χ4n) is 0.579. The molecule has 11 heavy (non-hydrogen) atoms. The lowest BCUT2D eigenvalue weighted by Gasteiger charge is -2.00. The van der Waals surface area contributed by atoms with Crippen molar-refractivity contribution in [1.82, 2.24) is 9.97 Å². The highest BCUT2D eigenvalue weighted by Crippen LogP contribution is 2.06. The van der Waals surface area contributed by atoms with Gasteiger partial charge in [0.25, 0.3) is 1.43 Å². The van der Waals surface area contributed by atoms with Gasteiger partial charge in [0.2, 0.25) is 0 Å². The number of aryl methyl sites for hydroxylation is 2. The van der Waals surface area contributed by atoms with Crippen LogP contribution in [0.3, 0.4) is 0 Å². The van der Waals surface area contributed by atoms with E-state index < -0.39 is 36.6 Å². The summed E-state index contributed by atoms with van der Waals surface area (Å²) >= 11 is 0. The zero-order chi connectivity index (χ0) is 14.1. The van der Waals surface area contributed by atoms with Crippen molar-refractivity contribution >= 4 is 5.97 Å². The molecule has 0 bridgehead atoms. The van der Waals surface area contributed by atoms with E-state index in [1.165, 1.54) is 0 Å². The molecule has 0 unspecified atom stereocenters. The Kier molecular flexibility index (Phi) is 0.615. The number of carboxylic acids is 1. The lowest BCUT2D eigenvalue weighted by Crippen LogP contribution is -2.06. The summed E-state index contributed by atoms with van der Waals surface area (Å²) in [6, 6.07) is 0. The summed E-state index contributed by atoms with van der Waals surface area (Å²) in [5, 5.41) is 3.64. The smallest absolute Gasteiger partial charge is 0.339 e. The van der Waals surface area contributed by atoms with Gasteiger partial charge in [-0.2, -0.15) is 0 Å². The number of hydrogen-bond donors (Lipinski definition) is 1. The molecule has 0 amide bonds. The highest BCUT2D eigenvalue weighted by Gasteiger charge is 2.11. The maximum Gasteiger partial charge on any atom is 0.339 e. The molecule has 1 aromatic rings. The number of hydrogen-bond acceptors (Lipinski definition) is 4. The van der Waals surface area contributed by atoms with Gasteiger partial charge in [-0.05, 0) is 13.7 Å². The molecule has 0 fully saturated rings. The highest BCUT2D eigenvalue weighted by atomic mass is 16.4. The topological polar surface area (TPSA) is 63.1 Å². The molecule has 1 N–H and O–H groups in total. The monoisotopic (exact) mass is 159 g/mol. The lowest BCUT2D eigenvalue weighted by molar-refractivity contribution is 0.0694. The normalized spacial score (nSPS) is 20.9. The van der Waals surface area contributed by atoms with Crippen molar-refractivity contribution in [2.24, 2.45) is 0 Å². The van der Waals surface area contributed by atoms with Crippen LogP contribution in [0.25, 0.3) is 1.43 Å². The van der Waals surface area contributed by atoms with E-state index in [9.17, 15) is 4.79 Å². The Bertz CT molecular complexity index is 436. The molecule has 0 aliphatic heterocycles. The summed E-state index contributed by atoms with van der Waals surface area (Å²) in [6.45, 7) is -5.63. The predicted octanol–water partition coefficient (Wildman–Crippen LogP) is 0.792. The van der Waals surface area contributed by atoms with E-state index >= 15 is 0 Å². The minimum absolute atomic E-state index is 0.740. The van der Waals surface area contributed by atoms with Gasteiger partial charge >= 0.3 is 5.97 Å². The largest absolute Gasteiger partial charge is 0.478 e. The quantitative estimate of drug-likeness (QED) is 0.658. The first-order chi connectivity index (χ1) is 8.09. The molecule has 1 heterocycles. The Morgan fingerprint density at radius 2 is 2.27 bits per heavy atom. The standard InChI is InChI=1S/C7H8N2O2/c1-4-6(7(10)11)5(2)9-3-8-4/h3H,1-2H3,(H,10,11)/i1D3,2D3/hD. The summed E-state index contributed by atoms with van der Waals surface area (Å²) in [5.41, 5.74) is -2.31. The minimum atomic E-state index is -2.81. The molecule has 0 aliphatic carbocycles. The first-order valence-corrected chi connectivity index (χ1v) is 2.62. The van der Waals surface area contributed by atoms with Crippen LogP contribution in [0.4, 0.5) is 0 Å². The van der Waals surface area contributed by atoms with E-state index in [-0.39, 0.29) is 0 Å². The van der Waals surface area contributed by atoms with Crippen molar-refractivity contribution in [2.45, 2.75) is 13.7 Å². The predicted molar refractivity (Wildman–Crippen MR) is 38.5 cm³/mol. The van der Waals surface area contributed by atoms with Crippen LogP contribution in [0.5, 0.6) is 0 Å². The summed E-state index contributed by atoms with van der Waals surface area (Å²) in [6.07, 6.45) is 0.740. The van der Waals surface area contributed by atoms with Crippen LogP contribution in [0.15, 0.2) is 6.33 Å². The van der Waals surface area contributed by atoms with Crippen LogP contribution in [-0.2, 0) is 0 Å². The molecule has 0 aromatic carbocycles. The van der Waals surface area contributed by atoms with Crippen LogP contribution in [0.2, 0.25) is 0 Å². The second-order valence-corrected chi connectivity index (χ2v) is 1.73. The van der Waals surface area contributed by atoms with Gasteiger partial charge in [0.05, 0.1) is 11.4 Å². The SMILES string of the molecule is [2H]OC(=O)c1c(C([2H])([2H])[2H])ncnc1C([2H])([2H])[2H]. The molecule has 4 heteroatoms. The van der Waals surface area contributed by atoms with Gasteiger partial charge in [-0.3, -0.25) is 0 Å². The first-order valence-electron chi connectivity index (χ1n) is 6.03. The van der Waals surface area contributed by atoms with Gasteiger partial charge in [0.1, 0.15) is 11.9 Å². The van der Waals surface area contributed by atoms with Crippen LogP contribution < -0.4 is 0 Å². The second kappa shape index (κ2) is 2.65. The van der Waals surface area contributed by atoms with Crippen molar-refractivity contribution in [3.63, 3.8) is 0 Å². The fourth-order valence-corrected chi connectivity index (χ4v) is 0.579. The molecular formula is C7H8N2O2. The minimum Gasteiger partial charge on any atom is -0.478 e. The van der Waals surface area contributed by atoms with Gasteiger partial charge in [-0.1, -0.05) is 0 Å². The van der Waals surface area contributed by atoms with Crippen LogP contribution in [0, 0.1) is 13.7 Å². The molecule has 0 spiro atoms. The van der Waals surface area contributed by atoms with E-state index in [1.54, 1.807) is 0 Å². The zero-order valence-corrected chi connectivity index (χ0v) is 5.29. The van der Waals surface area contributed by atoms with E-state index in [2.05, 4.69) is 15.1 Å². The van der Waals surface area contributed by atoms with Crippen molar-refractivity contribution in [3.8, 4) is 0 Å². The van der Waals surface area contributed by atoms with Gasteiger partial charge in [0, 0.05) is 8.22 Å². The lowest BCUT2D eigenvalue weighted by atomic mass is 10.2. The number of nitrogens with zero attached hydrogens (tertiary/aromatic N) is 2. The molecular weight excluding hydrogens is 144 g/mol. The van der Waals surface area contributed by atoms with E-state index in [0.717, 1.165) is 6.33 Å². The van der Waals surface area contributed by atoms with Crippen LogP contribution >= 0.6 is 0 Å². The summed E-state index contributed by atoms with van der Waals surface area (Å²) in [4.78, 5) is 18.1. The van der Waals surface area contributed by atoms with Gasteiger partial charge < -0.3 is 5.11 Å². The van der Waals surface area contributed by atoms with Gasteiger partial charge in [0.15, 0.2) is 0 Å². The molecule has 1 aromatic heterocycles. The summed E-state index contributed by atoms with van der Waals surface area (Å²) < 4.78 is 49.5. The average Bonchev–Trinajstić information content (AvgIpc) is 2.24. The Balaban J connectivity index is 3.61. The Morgan fingerprint density at radius 3 is 2.73 bits per heavy atom. The van der Waals surface area contributed by atoms with E-state index in [4.69, 9.17) is 9.66 Å². The Morgan fingerprint density at radius 1 is 1.64 bits per heavy atom. The molecule has 0 aliphatic rings. The molecule has 0 atom stereocenters. The fraction of sp³-hybridized carbons (Fsp3) is 0.286. The van der Waals surface area contributed by atoms with Crippen molar-refractivity contribution in [1.29, 1.82) is 1.43 Å². The van der Waals surface area contributed by atoms with Gasteiger partial charge in [-0.15, -0.1) is 0 Å². The molecule has 0 saturated heterocycles. The summed E-state index contributed by atoms with van der Waals surface area (Å²) in [5.74, 6) is -1.42. The van der Waals surface area contributed by atoms with E-state index in [0.29, 0.717) is 0 Å². The maximum absolute atomic E-state index is 11.4. The molecule has 0 radical (unpaired) electrons. The molecule has 0 saturated carbocycles.